The zero-order valence-corrected chi connectivity index (χ0v) is 11.3. The van der Waals surface area contributed by atoms with Gasteiger partial charge in [0.1, 0.15) is 5.75 Å². The Labute approximate surface area is 109 Å². The van der Waals surface area contributed by atoms with Crippen molar-refractivity contribution in [1.29, 1.82) is 0 Å². The highest BCUT2D eigenvalue weighted by Gasteiger charge is 2.10. The maximum atomic E-state index is 5.26. The van der Waals surface area contributed by atoms with Crippen LogP contribution < -0.4 is 10.1 Å². The molecule has 1 N–H and O–H groups in total. The summed E-state index contributed by atoms with van der Waals surface area (Å²) in [4.78, 5) is 4.61. The summed E-state index contributed by atoms with van der Waals surface area (Å²) in [6.45, 7) is 3.13. The molecule has 0 spiro atoms. The highest BCUT2D eigenvalue weighted by Crippen LogP contribution is 2.19. The summed E-state index contributed by atoms with van der Waals surface area (Å²) in [5, 5.41) is 3.52. The van der Waals surface area contributed by atoms with Gasteiger partial charge in [0.15, 0.2) is 0 Å². The van der Waals surface area contributed by atoms with Crippen LogP contribution in [0.4, 0.5) is 0 Å². The Morgan fingerprint density at radius 1 is 1.28 bits per heavy atom. The van der Waals surface area contributed by atoms with E-state index in [4.69, 9.17) is 4.74 Å². The molecule has 0 aromatic heterocycles. The number of amidine groups is 1. The second kappa shape index (κ2) is 6.43. The molecular formula is C15H22N2O. The van der Waals surface area contributed by atoms with Gasteiger partial charge >= 0.3 is 0 Å². The molecule has 1 atom stereocenters. The molecule has 0 fully saturated rings. The highest BCUT2D eigenvalue weighted by atomic mass is 16.5. The normalized spacial score (nSPS) is 17.6. The fourth-order valence-electron chi connectivity index (χ4n) is 2.24. The molecule has 0 aliphatic carbocycles. The van der Waals surface area contributed by atoms with Gasteiger partial charge in [-0.3, -0.25) is 4.99 Å². The molecule has 1 aromatic carbocycles. The topological polar surface area (TPSA) is 33.6 Å². The third-order valence-corrected chi connectivity index (χ3v) is 3.35. The lowest BCUT2D eigenvalue weighted by Crippen LogP contribution is -2.26. The summed E-state index contributed by atoms with van der Waals surface area (Å²) < 4.78 is 5.26. The smallest absolute Gasteiger partial charge is 0.119 e. The number of nitrogens with zero attached hydrogens (tertiary/aromatic N) is 1. The summed E-state index contributed by atoms with van der Waals surface area (Å²) in [6.07, 6.45) is 4.84. The lowest BCUT2D eigenvalue weighted by Gasteiger charge is -2.17. The fourth-order valence-corrected chi connectivity index (χ4v) is 2.24. The first kappa shape index (κ1) is 12.9. The van der Waals surface area contributed by atoms with Crippen molar-refractivity contribution in [3.05, 3.63) is 29.8 Å². The quantitative estimate of drug-likeness (QED) is 0.887. The molecular weight excluding hydrogens is 224 g/mol. The average Bonchev–Trinajstić information content (AvgIpc) is 2.67. The van der Waals surface area contributed by atoms with E-state index in [1.807, 2.05) is 12.1 Å². The van der Waals surface area contributed by atoms with Crippen LogP contribution in [0.25, 0.3) is 0 Å². The average molecular weight is 246 g/mol. The second-order valence-corrected chi connectivity index (χ2v) is 4.78. The van der Waals surface area contributed by atoms with Gasteiger partial charge in [-0.15, -0.1) is 0 Å². The first-order valence-electron chi connectivity index (χ1n) is 6.73. The molecule has 0 radical (unpaired) electrons. The molecule has 1 aliphatic heterocycles. The molecule has 2 rings (SSSR count). The predicted octanol–water partition coefficient (Wildman–Crippen LogP) is 3.32. The molecule has 0 bridgehead atoms. The van der Waals surface area contributed by atoms with Crippen molar-refractivity contribution in [2.75, 3.05) is 13.7 Å². The van der Waals surface area contributed by atoms with Crippen LogP contribution in [-0.4, -0.2) is 19.5 Å². The number of hydrogen-bond acceptors (Lipinski definition) is 3. The van der Waals surface area contributed by atoms with Crippen LogP contribution in [0.1, 0.15) is 44.2 Å². The largest absolute Gasteiger partial charge is 0.497 e. The molecule has 3 nitrogen and oxygen atoms in total. The molecule has 0 amide bonds. The second-order valence-electron chi connectivity index (χ2n) is 4.78. The van der Waals surface area contributed by atoms with Crippen LogP contribution in [0.3, 0.4) is 0 Å². The lowest BCUT2D eigenvalue weighted by molar-refractivity contribution is 0.413. The zero-order chi connectivity index (χ0) is 12.8. The van der Waals surface area contributed by atoms with Crippen molar-refractivity contribution in [2.45, 2.75) is 38.6 Å². The fraction of sp³-hybridized carbons (Fsp3) is 0.533. The Balaban J connectivity index is 2.01. The number of hydrogen-bond donors (Lipinski definition) is 1. The van der Waals surface area contributed by atoms with Gasteiger partial charge in [0.05, 0.1) is 12.9 Å². The Morgan fingerprint density at radius 3 is 3.00 bits per heavy atom. The molecule has 0 saturated carbocycles. The monoisotopic (exact) mass is 246 g/mol. The maximum Gasteiger partial charge on any atom is 0.119 e. The van der Waals surface area contributed by atoms with Crippen molar-refractivity contribution in [3.8, 4) is 5.75 Å². The first-order valence-corrected chi connectivity index (χ1v) is 6.73. The van der Waals surface area contributed by atoms with E-state index in [1.165, 1.54) is 24.8 Å². The summed E-state index contributed by atoms with van der Waals surface area (Å²) in [5.74, 6) is 2.06. The molecule has 3 heteroatoms. The van der Waals surface area contributed by atoms with Crippen LogP contribution in [0.15, 0.2) is 29.3 Å². The number of ether oxygens (including phenoxy) is 1. The van der Waals surface area contributed by atoms with E-state index in [-0.39, 0.29) is 6.04 Å². The van der Waals surface area contributed by atoms with Crippen LogP contribution in [0, 0.1) is 0 Å². The molecule has 1 aliphatic rings. The van der Waals surface area contributed by atoms with Crippen molar-refractivity contribution >= 4 is 5.84 Å². The number of rotatable bonds is 3. The standard InChI is InChI=1S/C15H22N2O/c1-12(13-7-6-8-14(11-13)18-2)17-15-9-4-3-5-10-16-15/h6-8,11-12H,3-5,9-10H2,1-2H3,(H,16,17)/t12-/m0/s1. The summed E-state index contributed by atoms with van der Waals surface area (Å²) >= 11 is 0. The molecule has 1 aromatic rings. The van der Waals surface area contributed by atoms with E-state index >= 15 is 0 Å². The zero-order valence-electron chi connectivity index (χ0n) is 11.3. The van der Waals surface area contributed by atoms with Gasteiger partial charge < -0.3 is 10.1 Å². The molecule has 98 valence electrons. The molecule has 1 heterocycles. The number of aliphatic imine (C=N–C) groups is 1. The number of methoxy groups -OCH3 is 1. The van der Waals surface area contributed by atoms with E-state index in [9.17, 15) is 0 Å². The summed E-state index contributed by atoms with van der Waals surface area (Å²) in [6, 6.07) is 8.48. The van der Waals surface area contributed by atoms with Crippen LogP contribution >= 0.6 is 0 Å². The minimum absolute atomic E-state index is 0.275. The van der Waals surface area contributed by atoms with Crippen molar-refractivity contribution in [1.82, 2.24) is 5.32 Å². The van der Waals surface area contributed by atoms with E-state index in [1.54, 1.807) is 7.11 Å². The maximum absolute atomic E-state index is 5.26. The third-order valence-electron chi connectivity index (χ3n) is 3.35. The van der Waals surface area contributed by atoms with E-state index in [2.05, 4.69) is 29.4 Å². The summed E-state index contributed by atoms with van der Waals surface area (Å²) in [5.41, 5.74) is 1.24. The summed E-state index contributed by atoms with van der Waals surface area (Å²) in [7, 11) is 1.70. The van der Waals surface area contributed by atoms with Gasteiger partial charge in [0.2, 0.25) is 0 Å². The molecule has 0 saturated heterocycles. The van der Waals surface area contributed by atoms with E-state index in [0.29, 0.717) is 0 Å². The Morgan fingerprint density at radius 2 is 2.17 bits per heavy atom. The van der Waals surface area contributed by atoms with Gasteiger partial charge in [0, 0.05) is 19.0 Å². The van der Waals surface area contributed by atoms with Crippen molar-refractivity contribution in [2.24, 2.45) is 4.99 Å². The number of benzene rings is 1. The van der Waals surface area contributed by atoms with Crippen molar-refractivity contribution in [3.63, 3.8) is 0 Å². The van der Waals surface area contributed by atoms with Gasteiger partial charge in [-0.1, -0.05) is 18.6 Å². The van der Waals surface area contributed by atoms with Crippen LogP contribution in [0.5, 0.6) is 5.75 Å². The van der Waals surface area contributed by atoms with Crippen molar-refractivity contribution < 1.29 is 4.74 Å². The highest BCUT2D eigenvalue weighted by molar-refractivity contribution is 5.82. The third kappa shape index (κ3) is 3.49. The molecule has 0 unspecified atom stereocenters. The van der Waals surface area contributed by atoms with Crippen LogP contribution in [-0.2, 0) is 0 Å². The SMILES string of the molecule is COc1cccc([C@H](C)NC2=NCCCCC2)c1. The minimum Gasteiger partial charge on any atom is -0.497 e. The minimum atomic E-state index is 0.275. The predicted molar refractivity (Wildman–Crippen MR) is 75.3 cm³/mol. The van der Waals surface area contributed by atoms with E-state index in [0.717, 1.165) is 24.6 Å². The van der Waals surface area contributed by atoms with Gasteiger partial charge in [0.25, 0.3) is 0 Å². The number of nitrogens with one attached hydrogen (secondary N) is 1. The van der Waals surface area contributed by atoms with E-state index < -0.39 is 0 Å². The Hall–Kier alpha value is -1.51. The van der Waals surface area contributed by atoms with Gasteiger partial charge in [-0.25, -0.2) is 0 Å². The van der Waals surface area contributed by atoms with Crippen LogP contribution in [0.2, 0.25) is 0 Å². The van der Waals surface area contributed by atoms with Gasteiger partial charge in [-0.05, 0) is 37.5 Å². The first-order chi connectivity index (χ1) is 8.79. The van der Waals surface area contributed by atoms with Gasteiger partial charge in [-0.2, -0.15) is 0 Å². The Kier molecular flexibility index (Phi) is 4.62. The molecule has 18 heavy (non-hydrogen) atoms. The lowest BCUT2D eigenvalue weighted by atomic mass is 10.1. The Bertz CT molecular complexity index is 415.